The Bertz CT molecular complexity index is 248. The van der Waals surface area contributed by atoms with Crippen LogP contribution in [-0.4, -0.2) is 7.05 Å². The lowest BCUT2D eigenvalue weighted by Gasteiger charge is -2.05. The first-order valence-corrected chi connectivity index (χ1v) is 5.90. The highest BCUT2D eigenvalue weighted by Crippen LogP contribution is 2.20. The van der Waals surface area contributed by atoms with Gasteiger partial charge in [-0.25, -0.2) is 0 Å². The van der Waals surface area contributed by atoms with E-state index in [4.69, 9.17) is 0 Å². The summed E-state index contributed by atoms with van der Waals surface area (Å²) >= 11 is 4.71. The molecule has 60 valence electrons. The van der Waals surface area contributed by atoms with Crippen LogP contribution in [0.25, 0.3) is 0 Å². The molecule has 0 bridgehead atoms. The van der Waals surface area contributed by atoms with E-state index in [1.807, 2.05) is 7.05 Å². The fourth-order valence-corrected chi connectivity index (χ4v) is 2.10. The molecule has 0 atom stereocenters. The lowest BCUT2D eigenvalue weighted by Crippen LogP contribution is -1.93. The molecule has 3 heteroatoms. The quantitative estimate of drug-likeness (QED) is 0.620. The molecule has 1 aromatic carbocycles. The Balaban J connectivity index is 3.06. The van der Waals surface area contributed by atoms with Gasteiger partial charge in [0, 0.05) is 20.7 Å². The van der Waals surface area contributed by atoms with Crippen molar-refractivity contribution in [3.8, 4) is 0 Å². The van der Waals surface area contributed by atoms with Gasteiger partial charge < -0.3 is 5.32 Å². The van der Waals surface area contributed by atoms with Crippen molar-refractivity contribution < 1.29 is 0 Å². The van der Waals surface area contributed by atoms with Crippen LogP contribution in [0.1, 0.15) is 5.56 Å². The number of alkyl halides is 1. The molecule has 0 radical (unpaired) electrons. The highest BCUT2D eigenvalue weighted by molar-refractivity contribution is 14.1. The summed E-state index contributed by atoms with van der Waals surface area (Å²) in [6.07, 6.45) is 0. The van der Waals surface area contributed by atoms with E-state index in [-0.39, 0.29) is 0 Å². The first-order chi connectivity index (χ1) is 5.27. The van der Waals surface area contributed by atoms with Gasteiger partial charge in [0.1, 0.15) is 0 Å². The molecule has 1 nitrogen and oxygen atoms in total. The normalized spacial score (nSPS) is 9.73. The van der Waals surface area contributed by atoms with E-state index >= 15 is 0 Å². The van der Waals surface area contributed by atoms with Crippen molar-refractivity contribution in [1.82, 2.24) is 0 Å². The lowest BCUT2D eigenvalue weighted by molar-refractivity contribution is 1.38. The number of halogens is 2. The smallest absolute Gasteiger partial charge is 0.0378 e. The topological polar surface area (TPSA) is 12.0 Å². The van der Waals surface area contributed by atoms with Gasteiger partial charge in [-0.1, -0.05) is 22.6 Å². The summed E-state index contributed by atoms with van der Waals surface area (Å²) in [6, 6.07) is 6.44. The first kappa shape index (κ1) is 9.57. The van der Waals surface area contributed by atoms with Crippen LogP contribution in [0.2, 0.25) is 0 Å². The fourth-order valence-electron chi connectivity index (χ4n) is 0.917. The monoisotopic (exact) mass is 373 g/mol. The maximum absolute atomic E-state index is 3.17. The third kappa shape index (κ3) is 2.47. The molecule has 0 amide bonds. The summed E-state index contributed by atoms with van der Waals surface area (Å²) in [5, 5.41) is 3.17. The molecule has 0 aliphatic rings. The Morgan fingerprint density at radius 3 is 2.73 bits per heavy atom. The van der Waals surface area contributed by atoms with E-state index < -0.39 is 0 Å². The third-order valence-corrected chi connectivity index (χ3v) is 2.97. The van der Waals surface area contributed by atoms with Gasteiger partial charge in [0.2, 0.25) is 0 Å². The predicted molar refractivity (Wildman–Crippen MR) is 66.4 cm³/mol. The van der Waals surface area contributed by atoms with Crippen molar-refractivity contribution in [2.45, 2.75) is 4.43 Å². The van der Waals surface area contributed by atoms with Crippen LogP contribution >= 0.6 is 45.2 Å². The first-order valence-electron chi connectivity index (χ1n) is 3.30. The van der Waals surface area contributed by atoms with E-state index in [0.717, 1.165) is 4.43 Å². The highest BCUT2D eigenvalue weighted by atomic mass is 127. The number of rotatable bonds is 2. The van der Waals surface area contributed by atoms with Gasteiger partial charge in [-0.2, -0.15) is 0 Å². The number of benzene rings is 1. The minimum atomic E-state index is 1.06. The van der Waals surface area contributed by atoms with Crippen LogP contribution in [0, 0.1) is 3.57 Å². The SMILES string of the molecule is CNc1ccc(I)cc1CI. The van der Waals surface area contributed by atoms with Crippen molar-refractivity contribution in [2.24, 2.45) is 0 Å². The van der Waals surface area contributed by atoms with Crippen LogP contribution in [-0.2, 0) is 4.43 Å². The van der Waals surface area contributed by atoms with Gasteiger partial charge in [-0.15, -0.1) is 0 Å². The molecule has 1 rings (SSSR count). The molecule has 0 heterocycles. The molecular weight excluding hydrogens is 364 g/mol. The molecule has 0 aliphatic carbocycles. The van der Waals surface area contributed by atoms with E-state index in [2.05, 4.69) is 68.7 Å². The molecule has 0 saturated carbocycles. The largest absolute Gasteiger partial charge is 0.388 e. The summed E-state index contributed by atoms with van der Waals surface area (Å²) in [5.41, 5.74) is 2.61. The van der Waals surface area contributed by atoms with Gasteiger partial charge in [-0.3, -0.25) is 0 Å². The molecule has 1 N–H and O–H groups in total. The minimum Gasteiger partial charge on any atom is -0.388 e. The van der Waals surface area contributed by atoms with Crippen LogP contribution < -0.4 is 5.32 Å². The molecule has 11 heavy (non-hydrogen) atoms. The van der Waals surface area contributed by atoms with Gasteiger partial charge in [-0.05, 0) is 46.4 Å². The van der Waals surface area contributed by atoms with Crippen molar-refractivity contribution >= 4 is 50.9 Å². The average molecular weight is 373 g/mol. The summed E-state index contributed by atoms with van der Waals surface area (Å²) in [6.45, 7) is 0. The number of hydrogen-bond acceptors (Lipinski definition) is 1. The zero-order valence-corrected chi connectivity index (χ0v) is 10.5. The second-order valence-electron chi connectivity index (χ2n) is 2.19. The van der Waals surface area contributed by atoms with Crippen LogP contribution in [0.5, 0.6) is 0 Å². The fraction of sp³-hybridized carbons (Fsp3) is 0.250. The predicted octanol–water partition coefficient (Wildman–Crippen LogP) is 3.27. The second kappa shape index (κ2) is 4.49. The molecular formula is C8H9I2N. The van der Waals surface area contributed by atoms with E-state index in [1.54, 1.807) is 0 Å². The number of hydrogen-bond donors (Lipinski definition) is 1. The van der Waals surface area contributed by atoms with Gasteiger partial charge in [0.15, 0.2) is 0 Å². The Hall–Kier alpha value is 0.480. The number of nitrogens with one attached hydrogen (secondary N) is 1. The molecule has 0 aliphatic heterocycles. The molecule has 0 unspecified atom stereocenters. The summed E-state index contributed by atoms with van der Waals surface area (Å²) in [4.78, 5) is 0. The Morgan fingerprint density at radius 1 is 1.45 bits per heavy atom. The van der Waals surface area contributed by atoms with Gasteiger partial charge in [0.25, 0.3) is 0 Å². The Kier molecular flexibility index (Phi) is 3.91. The van der Waals surface area contributed by atoms with E-state index in [0.29, 0.717) is 0 Å². The second-order valence-corrected chi connectivity index (χ2v) is 4.19. The van der Waals surface area contributed by atoms with Crippen molar-refractivity contribution in [1.29, 1.82) is 0 Å². The van der Waals surface area contributed by atoms with Crippen molar-refractivity contribution in [3.05, 3.63) is 27.3 Å². The van der Waals surface area contributed by atoms with E-state index in [9.17, 15) is 0 Å². The molecule has 0 spiro atoms. The van der Waals surface area contributed by atoms with Crippen LogP contribution in [0.4, 0.5) is 5.69 Å². The van der Waals surface area contributed by atoms with Gasteiger partial charge in [0.05, 0.1) is 0 Å². The Labute approximate surface area is 94.2 Å². The summed E-state index contributed by atoms with van der Waals surface area (Å²) < 4.78 is 2.36. The third-order valence-electron chi connectivity index (χ3n) is 1.48. The van der Waals surface area contributed by atoms with Crippen molar-refractivity contribution in [3.63, 3.8) is 0 Å². The van der Waals surface area contributed by atoms with Crippen LogP contribution in [0.3, 0.4) is 0 Å². The molecule has 0 saturated heterocycles. The van der Waals surface area contributed by atoms with Crippen LogP contribution in [0.15, 0.2) is 18.2 Å². The maximum atomic E-state index is 3.17. The molecule has 0 fully saturated rings. The highest BCUT2D eigenvalue weighted by Gasteiger charge is 1.98. The Morgan fingerprint density at radius 2 is 2.18 bits per heavy atom. The number of anilines is 1. The zero-order chi connectivity index (χ0) is 8.27. The van der Waals surface area contributed by atoms with E-state index in [1.165, 1.54) is 14.8 Å². The van der Waals surface area contributed by atoms with Crippen molar-refractivity contribution in [2.75, 3.05) is 12.4 Å². The summed E-state index contributed by atoms with van der Waals surface area (Å²) in [7, 11) is 1.96. The minimum absolute atomic E-state index is 1.06. The molecule has 1 aromatic rings. The lowest BCUT2D eigenvalue weighted by atomic mass is 10.2. The standard InChI is InChI=1S/C8H9I2N/c1-11-8-3-2-7(10)4-6(8)5-9/h2-4,11H,5H2,1H3. The van der Waals surface area contributed by atoms with Gasteiger partial charge >= 0.3 is 0 Å². The molecule has 0 aromatic heterocycles. The summed E-state index contributed by atoms with van der Waals surface area (Å²) in [5.74, 6) is 0. The zero-order valence-electron chi connectivity index (χ0n) is 6.20. The maximum Gasteiger partial charge on any atom is 0.0378 e. The average Bonchev–Trinajstić information content (AvgIpc) is 2.04.